The standard InChI is InChI=1S/C28H31ClN4O2/c1-27(2)25(28(3,4)26(27)35-22-10-7-19(16-30)23(29)15-22)33-24(34)20-6-9-21(32-17-20)8-5-18-11-13-31-14-12-18/h6-7,9-10,15,17-18,25-26,31H,11-14H2,1-4H3,(H,33,34). The van der Waals surface area contributed by atoms with Crippen molar-refractivity contribution in [2.75, 3.05) is 13.1 Å². The van der Waals surface area contributed by atoms with Crippen LogP contribution in [-0.4, -0.2) is 36.1 Å². The Morgan fingerprint density at radius 2 is 1.89 bits per heavy atom. The van der Waals surface area contributed by atoms with Crippen LogP contribution >= 0.6 is 11.6 Å². The molecule has 1 aliphatic heterocycles. The zero-order chi connectivity index (χ0) is 25.2. The lowest BCUT2D eigenvalue weighted by Gasteiger charge is -2.63. The Morgan fingerprint density at radius 3 is 2.49 bits per heavy atom. The van der Waals surface area contributed by atoms with Crippen LogP contribution in [0.2, 0.25) is 5.02 Å². The van der Waals surface area contributed by atoms with Crippen LogP contribution in [0.1, 0.15) is 62.2 Å². The van der Waals surface area contributed by atoms with E-state index in [0.717, 1.165) is 25.9 Å². The van der Waals surface area contributed by atoms with E-state index < -0.39 is 0 Å². The Labute approximate surface area is 212 Å². The smallest absolute Gasteiger partial charge is 0.253 e. The molecule has 4 rings (SSSR count). The SMILES string of the molecule is CC1(C)C(NC(=O)c2ccc(C#CC3CCNCC3)nc2)C(C)(C)C1Oc1ccc(C#N)c(Cl)c1. The summed E-state index contributed by atoms with van der Waals surface area (Å²) in [5, 5.41) is 16.0. The monoisotopic (exact) mass is 490 g/mol. The average Bonchev–Trinajstić information content (AvgIpc) is 2.85. The summed E-state index contributed by atoms with van der Waals surface area (Å²) in [5.74, 6) is 7.29. The summed E-state index contributed by atoms with van der Waals surface area (Å²) in [6, 6.07) is 10.6. The molecule has 1 saturated carbocycles. The van der Waals surface area contributed by atoms with Gasteiger partial charge in [-0.25, -0.2) is 4.98 Å². The predicted octanol–water partition coefficient (Wildman–Crippen LogP) is 4.57. The Kier molecular flexibility index (Phi) is 7.08. The van der Waals surface area contributed by atoms with E-state index in [9.17, 15) is 4.79 Å². The topological polar surface area (TPSA) is 87.0 Å². The molecule has 0 spiro atoms. The molecule has 0 unspecified atom stereocenters. The van der Waals surface area contributed by atoms with E-state index in [1.165, 1.54) is 0 Å². The lowest BCUT2D eigenvalue weighted by Crippen LogP contribution is -2.74. The first kappa shape index (κ1) is 25.0. The van der Waals surface area contributed by atoms with Crippen molar-refractivity contribution in [1.29, 1.82) is 5.26 Å². The summed E-state index contributed by atoms with van der Waals surface area (Å²) in [6.45, 7) is 10.3. The zero-order valence-corrected chi connectivity index (χ0v) is 21.4. The minimum absolute atomic E-state index is 0.110. The number of nitrogens with zero attached hydrogens (tertiary/aromatic N) is 2. The summed E-state index contributed by atoms with van der Waals surface area (Å²) in [5.41, 5.74) is 0.944. The van der Waals surface area contributed by atoms with Crippen LogP contribution in [-0.2, 0) is 0 Å². The molecule has 0 radical (unpaired) electrons. The fourth-order valence-corrected chi connectivity index (χ4v) is 5.77. The summed E-state index contributed by atoms with van der Waals surface area (Å²) in [4.78, 5) is 17.4. The number of aromatic nitrogens is 1. The van der Waals surface area contributed by atoms with Gasteiger partial charge in [-0.2, -0.15) is 5.26 Å². The molecule has 0 bridgehead atoms. The molecule has 1 amide bonds. The van der Waals surface area contributed by atoms with Gasteiger partial charge in [-0.1, -0.05) is 45.2 Å². The minimum Gasteiger partial charge on any atom is -0.489 e. The molecule has 1 aromatic carbocycles. The number of benzene rings is 1. The van der Waals surface area contributed by atoms with Gasteiger partial charge in [-0.15, -0.1) is 0 Å². The molecule has 2 aromatic rings. The number of halogens is 1. The molecule has 7 heteroatoms. The number of hydrogen-bond acceptors (Lipinski definition) is 5. The maximum Gasteiger partial charge on any atom is 0.253 e. The number of carbonyl (C=O) groups is 1. The highest BCUT2D eigenvalue weighted by Gasteiger charge is 2.64. The lowest BCUT2D eigenvalue weighted by atomic mass is 9.49. The number of pyridine rings is 1. The molecule has 2 N–H and O–H groups in total. The number of nitriles is 1. The van der Waals surface area contributed by atoms with Gasteiger partial charge in [0.05, 0.1) is 16.1 Å². The Hall–Kier alpha value is -3.06. The summed E-state index contributed by atoms with van der Waals surface area (Å²) < 4.78 is 6.29. The van der Waals surface area contributed by atoms with Crippen LogP contribution < -0.4 is 15.4 Å². The normalized spacial score (nSPS) is 22.6. The minimum atomic E-state index is -0.326. The molecule has 2 aliphatic rings. The number of rotatable bonds is 4. The van der Waals surface area contributed by atoms with Crippen LogP contribution in [0.5, 0.6) is 5.75 Å². The lowest BCUT2D eigenvalue weighted by molar-refractivity contribution is -0.164. The molecule has 6 nitrogen and oxygen atoms in total. The summed E-state index contributed by atoms with van der Waals surface area (Å²) in [7, 11) is 0. The fraction of sp³-hybridized carbons (Fsp3) is 0.464. The van der Waals surface area contributed by atoms with Gasteiger partial charge < -0.3 is 15.4 Å². The number of hydrogen-bond donors (Lipinski definition) is 2. The van der Waals surface area contributed by atoms with E-state index in [0.29, 0.717) is 33.5 Å². The van der Waals surface area contributed by atoms with Crippen molar-refractivity contribution in [1.82, 2.24) is 15.6 Å². The van der Waals surface area contributed by atoms with Crippen LogP contribution in [0.15, 0.2) is 36.5 Å². The summed E-state index contributed by atoms with van der Waals surface area (Å²) >= 11 is 6.18. The number of nitrogens with one attached hydrogen (secondary N) is 2. The highest BCUT2D eigenvalue weighted by molar-refractivity contribution is 6.31. The van der Waals surface area contributed by atoms with E-state index in [1.807, 2.05) is 0 Å². The van der Waals surface area contributed by atoms with Crippen LogP contribution in [0.25, 0.3) is 0 Å². The molecule has 35 heavy (non-hydrogen) atoms. The molecule has 1 saturated heterocycles. The van der Waals surface area contributed by atoms with E-state index in [1.54, 1.807) is 36.5 Å². The molecule has 2 heterocycles. The number of ether oxygens (including phenoxy) is 1. The molecular weight excluding hydrogens is 460 g/mol. The third kappa shape index (κ3) is 5.15. The Morgan fingerprint density at radius 1 is 1.17 bits per heavy atom. The Bertz CT molecular complexity index is 1180. The first-order valence-corrected chi connectivity index (χ1v) is 12.4. The van der Waals surface area contributed by atoms with Crippen molar-refractivity contribution in [3.8, 4) is 23.7 Å². The first-order chi connectivity index (χ1) is 16.6. The van der Waals surface area contributed by atoms with Crippen molar-refractivity contribution in [2.45, 2.75) is 52.7 Å². The zero-order valence-electron chi connectivity index (χ0n) is 20.6. The van der Waals surface area contributed by atoms with E-state index in [2.05, 4.69) is 61.2 Å². The van der Waals surface area contributed by atoms with Gasteiger partial charge >= 0.3 is 0 Å². The van der Waals surface area contributed by atoms with Crippen LogP contribution in [0.3, 0.4) is 0 Å². The maximum absolute atomic E-state index is 13.0. The molecular formula is C28H31ClN4O2. The quantitative estimate of drug-likeness (QED) is 0.613. The highest BCUT2D eigenvalue weighted by Crippen LogP contribution is 2.55. The van der Waals surface area contributed by atoms with Gasteiger partial charge in [0.25, 0.3) is 5.91 Å². The molecule has 2 fully saturated rings. The highest BCUT2D eigenvalue weighted by atomic mass is 35.5. The van der Waals surface area contributed by atoms with Crippen molar-refractivity contribution in [2.24, 2.45) is 16.7 Å². The van der Waals surface area contributed by atoms with Gasteiger partial charge in [0.1, 0.15) is 23.6 Å². The Balaban J connectivity index is 1.40. The average molecular weight is 491 g/mol. The third-order valence-corrected chi connectivity index (χ3v) is 7.51. The number of piperidine rings is 1. The van der Waals surface area contributed by atoms with Gasteiger partial charge in [0.15, 0.2) is 0 Å². The third-order valence-electron chi connectivity index (χ3n) is 7.20. The van der Waals surface area contributed by atoms with Gasteiger partial charge in [-0.05, 0) is 56.1 Å². The fourth-order valence-electron chi connectivity index (χ4n) is 5.55. The van der Waals surface area contributed by atoms with Crippen molar-refractivity contribution >= 4 is 17.5 Å². The van der Waals surface area contributed by atoms with Gasteiger partial charge in [0.2, 0.25) is 0 Å². The van der Waals surface area contributed by atoms with Crippen molar-refractivity contribution < 1.29 is 9.53 Å². The molecule has 0 atom stereocenters. The van der Waals surface area contributed by atoms with E-state index in [4.69, 9.17) is 21.6 Å². The second-order valence-corrected chi connectivity index (χ2v) is 10.9. The van der Waals surface area contributed by atoms with Crippen molar-refractivity contribution in [3.05, 3.63) is 58.4 Å². The number of carbonyl (C=O) groups excluding carboxylic acids is 1. The largest absolute Gasteiger partial charge is 0.489 e. The predicted molar refractivity (Wildman–Crippen MR) is 136 cm³/mol. The second-order valence-electron chi connectivity index (χ2n) is 10.5. The first-order valence-electron chi connectivity index (χ1n) is 12.0. The summed E-state index contributed by atoms with van der Waals surface area (Å²) in [6.07, 6.45) is 3.55. The van der Waals surface area contributed by atoms with Crippen LogP contribution in [0, 0.1) is 39.9 Å². The molecule has 1 aromatic heterocycles. The van der Waals surface area contributed by atoms with Gasteiger partial charge in [-0.3, -0.25) is 4.79 Å². The second kappa shape index (κ2) is 9.90. The van der Waals surface area contributed by atoms with Gasteiger partial charge in [0, 0.05) is 35.1 Å². The maximum atomic E-state index is 13.0. The van der Waals surface area contributed by atoms with Crippen molar-refractivity contribution in [3.63, 3.8) is 0 Å². The van der Waals surface area contributed by atoms with E-state index in [-0.39, 0.29) is 28.9 Å². The number of amides is 1. The van der Waals surface area contributed by atoms with Crippen LogP contribution in [0.4, 0.5) is 0 Å². The van der Waals surface area contributed by atoms with E-state index >= 15 is 0 Å². The molecule has 182 valence electrons. The molecule has 1 aliphatic carbocycles.